The first-order valence-electron chi connectivity index (χ1n) is 6.37. The van der Waals surface area contributed by atoms with E-state index in [0.29, 0.717) is 13.0 Å². The van der Waals surface area contributed by atoms with Gasteiger partial charge in [0.15, 0.2) is 0 Å². The van der Waals surface area contributed by atoms with Crippen LogP contribution in [0.5, 0.6) is 0 Å². The standard InChI is InChI=1S/C14H21N3OS/c1-4-14(2,12(15)19)13(18)17(3)10-8-11-7-5-6-9-16-11/h5-7,9H,4,8,10H2,1-3H3,(H2,15,19). The maximum absolute atomic E-state index is 12.4. The molecule has 0 bridgehead atoms. The van der Waals surface area contributed by atoms with Crippen LogP contribution in [0.15, 0.2) is 24.4 Å². The van der Waals surface area contributed by atoms with Crippen LogP contribution >= 0.6 is 12.2 Å². The van der Waals surface area contributed by atoms with Crippen molar-refractivity contribution in [1.29, 1.82) is 0 Å². The van der Waals surface area contributed by atoms with Crippen LogP contribution in [-0.2, 0) is 11.2 Å². The lowest BCUT2D eigenvalue weighted by Gasteiger charge is -2.30. The molecule has 2 N–H and O–H groups in total. The minimum Gasteiger partial charge on any atom is -0.392 e. The third-order valence-corrected chi connectivity index (χ3v) is 3.95. The highest BCUT2D eigenvalue weighted by Gasteiger charge is 2.36. The van der Waals surface area contributed by atoms with Gasteiger partial charge in [0.25, 0.3) is 0 Å². The number of hydrogen-bond donors (Lipinski definition) is 1. The van der Waals surface area contributed by atoms with Gasteiger partial charge in [-0.2, -0.15) is 0 Å². The molecule has 1 amide bonds. The predicted molar refractivity (Wildman–Crippen MR) is 80.8 cm³/mol. The van der Waals surface area contributed by atoms with E-state index in [2.05, 4.69) is 4.98 Å². The number of amides is 1. The van der Waals surface area contributed by atoms with Gasteiger partial charge in [-0.05, 0) is 25.5 Å². The van der Waals surface area contributed by atoms with Crippen LogP contribution in [0, 0.1) is 5.41 Å². The molecular formula is C14H21N3OS. The summed E-state index contributed by atoms with van der Waals surface area (Å²) in [7, 11) is 1.78. The Morgan fingerprint density at radius 1 is 1.53 bits per heavy atom. The summed E-state index contributed by atoms with van der Waals surface area (Å²) in [5, 5.41) is 0. The second-order valence-corrected chi connectivity index (χ2v) is 5.29. The van der Waals surface area contributed by atoms with Gasteiger partial charge in [0.2, 0.25) is 5.91 Å². The molecule has 1 unspecified atom stereocenters. The molecule has 1 aromatic rings. The Labute approximate surface area is 120 Å². The molecule has 0 spiro atoms. The molecule has 0 aliphatic rings. The zero-order valence-corrected chi connectivity index (χ0v) is 12.5. The molecule has 0 aliphatic carbocycles. The van der Waals surface area contributed by atoms with Crippen LogP contribution in [0.25, 0.3) is 0 Å². The van der Waals surface area contributed by atoms with Gasteiger partial charge < -0.3 is 10.6 Å². The van der Waals surface area contributed by atoms with Crippen LogP contribution in [-0.4, -0.2) is 34.4 Å². The van der Waals surface area contributed by atoms with E-state index < -0.39 is 5.41 Å². The van der Waals surface area contributed by atoms with Crippen LogP contribution in [0.3, 0.4) is 0 Å². The lowest BCUT2D eigenvalue weighted by molar-refractivity contribution is -0.136. The van der Waals surface area contributed by atoms with Crippen molar-refractivity contribution in [3.63, 3.8) is 0 Å². The maximum Gasteiger partial charge on any atom is 0.235 e. The summed E-state index contributed by atoms with van der Waals surface area (Å²) in [5.41, 5.74) is 5.91. The van der Waals surface area contributed by atoms with Crippen molar-refractivity contribution in [2.75, 3.05) is 13.6 Å². The largest absolute Gasteiger partial charge is 0.392 e. The number of nitrogens with zero attached hydrogens (tertiary/aromatic N) is 2. The van der Waals surface area contributed by atoms with Crippen molar-refractivity contribution in [1.82, 2.24) is 9.88 Å². The fourth-order valence-electron chi connectivity index (χ4n) is 1.78. The Kier molecular flexibility index (Phi) is 5.42. The Morgan fingerprint density at radius 3 is 2.68 bits per heavy atom. The van der Waals surface area contributed by atoms with E-state index in [1.165, 1.54) is 0 Å². The molecule has 1 aromatic heterocycles. The summed E-state index contributed by atoms with van der Waals surface area (Å²) < 4.78 is 0. The Balaban J connectivity index is 2.65. The number of hydrogen-bond acceptors (Lipinski definition) is 3. The van der Waals surface area contributed by atoms with Crippen LogP contribution in [0.4, 0.5) is 0 Å². The summed E-state index contributed by atoms with van der Waals surface area (Å²) in [6.07, 6.45) is 3.08. The molecule has 104 valence electrons. The molecular weight excluding hydrogens is 258 g/mol. The highest BCUT2D eigenvalue weighted by molar-refractivity contribution is 7.80. The zero-order chi connectivity index (χ0) is 14.5. The molecule has 0 aliphatic heterocycles. The van der Waals surface area contributed by atoms with Gasteiger partial charge in [0.1, 0.15) is 0 Å². The van der Waals surface area contributed by atoms with Gasteiger partial charge in [-0.1, -0.05) is 25.2 Å². The Hall–Kier alpha value is -1.49. The van der Waals surface area contributed by atoms with Crippen molar-refractivity contribution in [3.8, 4) is 0 Å². The molecule has 1 rings (SSSR count). The third-order valence-electron chi connectivity index (χ3n) is 3.50. The minimum atomic E-state index is -0.756. The van der Waals surface area contributed by atoms with Gasteiger partial charge in [-0.15, -0.1) is 0 Å². The fourth-order valence-corrected chi connectivity index (χ4v) is 2.01. The first-order chi connectivity index (χ1) is 8.91. The number of carbonyl (C=O) groups is 1. The van der Waals surface area contributed by atoms with E-state index >= 15 is 0 Å². The average Bonchev–Trinajstić information content (AvgIpc) is 2.43. The lowest BCUT2D eigenvalue weighted by atomic mass is 9.86. The van der Waals surface area contributed by atoms with Gasteiger partial charge in [0, 0.05) is 31.9 Å². The van der Waals surface area contributed by atoms with Crippen LogP contribution in [0.1, 0.15) is 26.0 Å². The number of nitrogens with two attached hydrogens (primary N) is 1. The van der Waals surface area contributed by atoms with Gasteiger partial charge in [-0.3, -0.25) is 9.78 Å². The molecule has 1 atom stereocenters. The van der Waals surface area contributed by atoms with Gasteiger partial charge in [0.05, 0.1) is 10.4 Å². The topological polar surface area (TPSA) is 59.2 Å². The maximum atomic E-state index is 12.4. The molecule has 0 saturated carbocycles. The highest BCUT2D eigenvalue weighted by atomic mass is 32.1. The van der Waals surface area contributed by atoms with Gasteiger partial charge in [-0.25, -0.2) is 0 Å². The Bertz CT molecular complexity index is 449. The molecule has 0 aromatic carbocycles. The fraction of sp³-hybridized carbons (Fsp3) is 0.500. The van der Waals surface area contributed by atoms with Crippen molar-refractivity contribution in [3.05, 3.63) is 30.1 Å². The first kappa shape index (κ1) is 15.6. The van der Waals surface area contributed by atoms with E-state index in [0.717, 1.165) is 12.1 Å². The number of aromatic nitrogens is 1. The quantitative estimate of drug-likeness (QED) is 0.807. The first-order valence-corrected chi connectivity index (χ1v) is 6.78. The number of rotatable bonds is 6. The Morgan fingerprint density at radius 2 is 2.21 bits per heavy atom. The molecule has 0 radical (unpaired) electrons. The summed E-state index contributed by atoms with van der Waals surface area (Å²) in [5.74, 6) is -0.0292. The van der Waals surface area contributed by atoms with Crippen molar-refractivity contribution >= 4 is 23.1 Å². The molecule has 0 saturated heterocycles. The van der Waals surface area contributed by atoms with E-state index in [1.54, 1.807) is 25.1 Å². The van der Waals surface area contributed by atoms with E-state index in [4.69, 9.17) is 18.0 Å². The second-order valence-electron chi connectivity index (χ2n) is 4.85. The van der Waals surface area contributed by atoms with E-state index in [9.17, 15) is 4.79 Å². The van der Waals surface area contributed by atoms with E-state index in [1.807, 2.05) is 25.1 Å². The number of pyridine rings is 1. The summed E-state index contributed by atoms with van der Waals surface area (Å²) >= 11 is 5.02. The predicted octanol–water partition coefficient (Wildman–Crippen LogP) is 1.78. The third kappa shape index (κ3) is 3.73. The lowest BCUT2D eigenvalue weighted by Crippen LogP contribution is -2.47. The molecule has 4 nitrogen and oxygen atoms in total. The monoisotopic (exact) mass is 279 g/mol. The highest BCUT2D eigenvalue weighted by Crippen LogP contribution is 2.24. The molecule has 5 heteroatoms. The normalized spacial score (nSPS) is 13.6. The van der Waals surface area contributed by atoms with Crippen LogP contribution < -0.4 is 5.73 Å². The minimum absolute atomic E-state index is 0.0292. The molecule has 19 heavy (non-hydrogen) atoms. The second kappa shape index (κ2) is 6.61. The summed E-state index contributed by atoms with van der Waals surface area (Å²) in [6, 6.07) is 5.76. The smallest absolute Gasteiger partial charge is 0.235 e. The number of thiocarbonyl (C=S) groups is 1. The summed E-state index contributed by atoms with van der Waals surface area (Å²) in [6.45, 7) is 4.33. The number of carbonyl (C=O) groups excluding carboxylic acids is 1. The van der Waals surface area contributed by atoms with E-state index in [-0.39, 0.29) is 10.9 Å². The zero-order valence-electron chi connectivity index (χ0n) is 11.7. The molecule has 1 heterocycles. The van der Waals surface area contributed by atoms with Gasteiger partial charge >= 0.3 is 0 Å². The SMILES string of the molecule is CCC(C)(C(=O)N(C)CCc1ccccn1)C(N)=S. The molecule has 0 fully saturated rings. The average molecular weight is 279 g/mol. The van der Waals surface area contributed by atoms with Crippen molar-refractivity contribution in [2.24, 2.45) is 11.1 Å². The van der Waals surface area contributed by atoms with Crippen LogP contribution in [0.2, 0.25) is 0 Å². The van der Waals surface area contributed by atoms with Crippen molar-refractivity contribution in [2.45, 2.75) is 26.7 Å². The van der Waals surface area contributed by atoms with Crippen molar-refractivity contribution < 1.29 is 4.79 Å². The number of likely N-dealkylation sites (N-methyl/N-ethyl adjacent to an activating group) is 1. The summed E-state index contributed by atoms with van der Waals surface area (Å²) in [4.78, 5) is 18.6.